The lowest BCUT2D eigenvalue weighted by atomic mass is 10.5. The van der Waals surface area contributed by atoms with Crippen LogP contribution in [0, 0.1) is 0 Å². The fourth-order valence-corrected chi connectivity index (χ4v) is 0.288. The first kappa shape index (κ1) is 12.7. The summed E-state index contributed by atoms with van der Waals surface area (Å²) in [5.74, 6) is 0. The molecule has 0 radical (unpaired) electrons. The van der Waals surface area contributed by atoms with E-state index in [4.69, 9.17) is 0 Å². The first-order valence-corrected chi connectivity index (χ1v) is 2.63. The second-order valence-corrected chi connectivity index (χ2v) is 1.55. The van der Waals surface area contributed by atoms with Gasteiger partial charge < -0.3 is 0 Å². The van der Waals surface area contributed by atoms with Crippen LogP contribution in [0.4, 0.5) is 13.2 Å². The minimum absolute atomic E-state index is 0. The van der Waals surface area contributed by atoms with Crippen LogP contribution in [-0.4, -0.2) is 12.8 Å². The van der Waals surface area contributed by atoms with Crippen LogP contribution in [0.2, 0.25) is 0 Å². The summed E-state index contributed by atoms with van der Waals surface area (Å²) >= 11 is 0. The Labute approximate surface area is 63.6 Å². The lowest BCUT2D eigenvalue weighted by molar-refractivity contribution is -0.166. The van der Waals surface area contributed by atoms with E-state index in [0.717, 1.165) is 0 Å². The molecule has 64 valence electrons. The summed E-state index contributed by atoms with van der Waals surface area (Å²) < 4.78 is 33.6. The highest BCUT2D eigenvalue weighted by molar-refractivity contribution is 5.85. The summed E-state index contributed by atoms with van der Waals surface area (Å²) in [5.41, 5.74) is 3.17. The average molecular weight is 179 g/mol. The number of halogens is 4. The molecule has 0 aliphatic carbocycles. The molecule has 10 heavy (non-hydrogen) atoms. The normalized spacial score (nSPS) is 10.8. The Balaban J connectivity index is 0. The van der Waals surface area contributed by atoms with Gasteiger partial charge in [-0.15, -0.1) is 12.4 Å². The molecule has 0 unspecified atom stereocenters. The van der Waals surface area contributed by atoms with E-state index in [0.29, 0.717) is 13.0 Å². The van der Waals surface area contributed by atoms with Crippen LogP contribution >= 0.6 is 12.4 Å². The minimum Gasteiger partial charge on any atom is -0.251 e. The Bertz CT molecular complexity index is 75.4. The third-order valence-electron chi connectivity index (χ3n) is 0.605. The summed E-state index contributed by atoms with van der Waals surface area (Å²) in [6, 6.07) is 0. The second-order valence-electron chi connectivity index (χ2n) is 1.55. The van der Waals surface area contributed by atoms with E-state index in [2.05, 4.69) is 0 Å². The van der Waals surface area contributed by atoms with E-state index < -0.39 is 6.30 Å². The third-order valence-corrected chi connectivity index (χ3v) is 0.605. The van der Waals surface area contributed by atoms with Crippen molar-refractivity contribution in [3.05, 3.63) is 0 Å². The molecule has 0 heterocycles. The Morgan fingerprint density at radius 3 is 2.10 bits per heavy atom. The van der Waals surface area contributed by atoms with E-state index in [9.17, 15) is 13.2 Å². The number of rotatable bonds is 3. The molecule has 0 spiro atoms. The van der Waals surface area contributed by atoms with Gasteiger partial charge in [0, 0.05) is 6.54 Å². The zero-order chi connectivity index (χ0) is 7.33. The molecule has 0 saturated heterocycles. The van der Waals surface area contributed by atoms with Gasteiger partial charge in [-0.05, 0) is 6.42 Å². The van der Waals surface area contributed by atoms with Gasteiger partial charge in [0.05, 0.1) is 0 Å². The zero-order valence-corrected chi connectivity index (χ0v) is 6.27. The topological polar surface area (TPSA) is 24.1 Å². The molecule has 0 bridgehead atoms. The Morgan fingerprint density at radius 2 is 1.80 bits per heavy atom. The van der Waals surface area contributed by atoms with E-state index in [1.165, 1.54) is 5.43 Å². The van der Waals surface area contributed by atoms with Crippen LogP contribution in [0.25, 0.3) is 0 Å². The first-order chi connectivity index (χ1) is 4.06. The van der Waals surface area contributed by atoms with E-state index in [1.807, 2.05) is 5.43 Å². The number of hydrogen-bond donors (Lipinski definition) is 2. The summed E-state index contributed by atoms with van der Waals surface area (Å²) in [6.07, 6.45) is -3.64. The van der Waals surface area contributed by atoms with Crippen LogP contribution in [0.3, 0.4) is 0 Å². The molecule has 2 nitrogen and oxygen atoms in total. The number of hydrogen-bond acceptors (Lipinski definition) is 2. The van der Waals surface area contributed by atoms with Gasteiger partial charge in [0.1, 0.15) is 0 Å². The van der Waals surface area contributed by atoms with Crippen molar-refractivity contribution in [3.8, 4) is 0 Å². The lowest BCUT2D eigenvalue weighted by Crippen LogP contribution is -2.43. The van der Waals surface area contributed by atoms with Crippen molar-refractivity contribution in [2.75, 3.05) is 6.54 Å². The predicted octanol–water partition coefficient (Wildman–Crippen LogP) is 1.43. The molecule has 0 aliphatic heterocycles. The fraction of sp³-hybridized carbons (Fsp3) is 1.00. The molecule has 0 aromatic heterocycles. The lowest BCUT2D eigenvalue weighted by Gasteiger charge is -2.07. The maximum Gasteiger partial charge on any atom is 0.470 e. The molecular formula is C4H10ClF3N2. The van der Waals surface area contributed by atoms with Gasteiger partial charge in [-0.2, -0.15) is 18.6 Å². The fourth-order valence-electron chi connectivity index (χ4n) is 0.288. The van der Waals surface area contributed by atoms with Crippen molar-refractivity contribution in [1.82, 2.24) is 10.9 Å². The van der Waals surface area contributed by atoms with Gasteiger partial charge in [0.2, 0.25) is 0 Å². The van der Waals surface area contributed by atoms with Gasteiger partial charge in [0.15, 0.2) is 0 Å². The van der Waals surface area contributed by atoms with Crippen molar-refractivity contribution < 1.29 is 13.2 Å². The standard InChI is InChI=1S/C4H9F3N2.ClH/c1-2-3-8-9-4(5,6)7;/h8-9H,2-3H2,1H3;1H. The largest absolute Gasteiger partial charge is 0.470 e. The quantitative estimate of drug-likeness (QED) is 0.388. The molecule has 0 atom stereocenters. The Morgan fingerprint density at radius 1 is 1.30 bits per heavy atom. The summed E-state index contributed by atoms with van der Waals surface area (Å²) in [7, 11) is 0. The number of nitrogens with one attached hydrogen (secondary N) is 2. The maximum atomic E-state index is 11.2. The molecule has 0 amide bonds. The monoisotopic (exact) mass is 178 g/mol. The van der Waals surface area contributed by atoms with Crippen molar-refractivity contribution in [2.45, 2.75) is 19.6 Å². The predicted molar refractivity (Wildman–Crippen MR) is 34.7 cm³/mol. The van der Waals surface area contributed by atoms with Gasteiger partial charge >= 0.3 is 6.30 Å². The highest BCUT2D eigenvalue weighted by atomic mass is 35.5. The van der Waals surface area contributed by atoms with Crippen molar-refractivity contribution in [1.29, 1.82) is 0 Å². The molecular weight excluding hydrogens is 169 g/mol. The van der Waals surface area contributed by atoms with Crippen molar-refractivity contribution in [2.24, 2.45) is 0 Å². The molecule has 0 rings (SSSR count). The van der Waals surface area contributed by atoms with Crippen molar-refractivity contribution >= 4 is 12.4 Å². The van der Waals surface area contributed by atoms with Crippen LogP contribution < -0.4 is 10.9 Å². The maximum absolute atomic E-state index is 11.2. The number of hydrazine groups is 1. The van der Waals surface area contributed by atoms with Gasteiger partial charge in [-0.25, -0.2) is 0 Å². The first-order valence-electron chi connectivity index (χ1n) is 2.63. The second kappa shape index (κ2) is 5.76. The minimum atomic E-state index is -4.31. The van der Waals surface area contributed by atoms with E-state index >= 15 is 0 Å². The zero-order valence-electron chi connectivity index (χ0n) is 5.46. The van der Waals surface area contributed by atoms with Gasteiger partial charge in [-0.3, -0.25) is 5.43 Å². The summed E-state index contributed by atoms with van der Waals surface area (Å²) in [5, 5.41) is 0. The highest BCUT2D eigenvalue weighted by Gasteiger charge is 2.25. The van der Waals surface area contributed by atoms with E-state index in [1.54, 1.807) is 6.92 Å². The van der Waals surface area contributed by atoms with Crippen LogP contribution in [-0.2, 0) is 0 Å². The molecule has 0 fully saturated rings. The summed E-state index contributed by atoms with van der Waals surface area (Å²) in [4.78, 5) is 0. The van der Waals surface area contributed by atoms with Crippen LogP contribution in [0.5, 0.6) is 0 Å². The molecule has 6 heteroatoms. The molecule has 0 aromatic carbocycles. The van der Waals surface area contributed by atoms with E-state index in [-0.39, 0.29) is 12.4 Å². The van der Waals surface area contributed by atoms with Crippen LogP contribution in [0.1, 0.15) is 13.3 Å². The highest BCUT2D eigenvalue weighted by Crippen LogP contribution is 2.06. The van der Waals surface area contributed by atoms with Crippen LogP contribution in [0.15, 0.2) is 0 Å². The van der Waals surface area contributed by atoms with Gasteiger partial charge in [0.25, 0.3) is 0 Å². The molecule has 0 saturated carbocycles. The molecule has 0 aromatic rings. The Kier molecular flexibility index (Phi) is 7.29. The third kappa shape index (κ3) is 10.9. The smallest absolute Gasteiger partial charge is 0.251 e. The molecule has 2 N–H and O–H groups in total. The average Bonchev–Trinajstić information content (AvgIpc) is 1.63. The van der Waals surface area contributed by atoms with Crippen molar-refractivity contribution in [3.63, 3.8) is 0 Å². The summed E-state index contributed by atoms with van der Waals surface area (Å²) in [6.45, 7) is 2.10. The SMILES string of the molecule is CCCNNC(F)(F)F.Cl. The number of alkyl halides is 3. The Hall–Kier alpha value is -0.0000000000000000555. The molecule has 0 aliphatic rings. The van der Waals surface area contributed by atoms with Gasteiger partial charge in [-0.1, -0.05) is 6.92 Å².